The third-order valence-corrected chi connectivity index (χ3v) is 6.35. The number of aliphatic carboxylic acids is 1. The second kappa shape index (κ2) is 8.54. The zero-order chi connectivity index (χ0) is 22.9. The first-order valence-corrected chi connectivity index (χ1v) is 11.1. The molecule has 1 heterocycles. The summed E-state index contributed by atoms with van der Waals surface area (Å²) in [5, 5.41) is 12.6. The van der Waals surface area contributed by atoms with Crippen LogP contribution >= 0.6 is 0 Å². The van der Waals surface area contributed by atoms with Gasteiger partial charge < -0.3 is 14.8 Å². The van der Waals surface area contributed by atoms with Crippen molar-refractivity contribution in [3.8, 4) is 11.1 Å². The number of aryl methyl sites for hydroxylation is 1. The van der Waals surface area contributed by atoms with Crippen molar-refractivity contribution in [2.75, 3.05) is 5.32 Å². The van der Waals surface area contributed by atoms with E-state index in [0.717, 1.165) is 39.9 Å². The van der Waals surface area contributed by atoms with Crippen LogP contribution in [-0.2, 0) is 4.79 Å². The lowest BCUT2D eigenvalue weighted by Gasteiger charge is -2.14. The minimum Gasteiger partial charge on any atom is -0.481 e. The van der Waals surface area contributed by atoms with Gasteiger partial charge in [0, 0.05) is 17.2 Å². The zero-order valence-corrected chi connectivity index (χ0v) is 18.2. The Labute approximate surface area is 191 Å². The van der Waals surface area contributed by atoms with Gasteiger partial charge in [-0.15, -0.1) is 0 Å². The molecule has 1 aliphatic carbocycles. The van der Waals surface area contributed by atoms with E-state index in [1.807, 2.05) is 61.5 Å². The van der Waals surface area contributed by atoms with Crippen LogP contribution in [0.4, 0.5) is 11.7 Å². The number of nitrogens with zero attached hydrogens (tertiary/aromatic N) is 1. The van der Waals surface area contributed by atoms with Crippen molar-refractivity contribution in [2.24, 2.45) is 11.8 Å². The lowest BCUT2D eigenvalue weighted by molar-refractivity contribution is -0.142. The molecule has 2 atom stereocenters. The smallest absolute Gasteiger partial charge is 0.307 e. The maximum absolute atomic E-state index is 12.8. The molecule has 3 aromatic carbocycles. The number of rotatable bonds is 6. The summed E-state index contributed by atoms with van der Waals surface area (Å²) >= 11 is 0. The van der Waals surface area contributed by atoms with Crippen molar-refractivity contribution >= 4 is 34.6 Å². The zero-order valence-electron chi connectivity index (χ0n) is 18.2. The molecule has 0 bridgehead atoms. The maximum atomic E-state index is 12.8. The van der Waals surface area contributed by atoms with Crippen LogP contribution in [0.25, 0.3) is 22.2 Å². The van der Waals surface area contributed by atoms with Crippen molar-refractivity contribution in [3.63, 3.8) is 0 Å². The topological polar surface area (TPSA) is 92.4 Å². The van der Waals surface area contributed by atoms with Gasteiger partial charge >= 0.3 is 5.97 Å². The van der Waals surface area contributed by atoms with Crippen LogP contribution in [0.3, 0.4) is 0 Å². The monoisotopic (exact) mass is 440 g/mol. The molecule has 166 valence electrons. The van der Waals surface area contributed by atoms with Crippen LogP contribution < -0.4 is 5.32 Å². The Morgan fingerprint density at radius 2 is 1.61 bits per heavy atom. The second-order valence-electron chi connectivity index (χ2n) is 8.62. The van der Waals surface area contributed by atoms with Crippen molar-refractivity contribution in [2.45, 2.75) is 26.2 Å². The number of Topliss-reactive ketones (excluding diaryl/α,β-unsaturated/α-hetero) is 1. The van der Waals surface area contributed by atoms with E-state index in [0.29, 0.717) is 24.4 Å². The third-order valence-electron chi connectivity index (χ3n) is 6.35. The molecule has 4 aromatic rings. The fourth-order valence-electron chi connectivity index (χ4n) is 4.57. The molecule has 0 radical (unpaired) electrons. The van der Waals surface area contributed by atoms with Gasteiger partial charge in [0.15, 0.2) is 11.4 Å². The van der Waals surface area contributed by atoms with E-state index in [2.05, 4.69) is 10.3 Å². The van der Waals surface area contributed by atoms with Gasteiger partial charge in [-0.2, -0.15) is 4.98 Å². The maximum Gasteiger partial charge on any atom is 0.307 e. The average Bonchev–Trinajstić information content (AvgIpc) is 3.46. The number of carbonyl (C=O) groups excluding carboxylic acids is 1. The minimum atomic E-state index is -0.871. The van der Waals surface area contributed by atoms with Crippen molar-refractivity contribution < 1.29 is 19.1 Å². The molecule has 1 aliphatic rings. The molecular weight excluding hydrogens is 416 g/mol. The number of carboxylic acids is 1. The quantitative estimate of drug-likeness (QED) is 0.345. The predicted molar refractivity (Wildman–Crippen MR) is 127 cm³/mol. The van der Waals surface area contributed by atoms with Crippen molar-refractivity contribution in [1.29, 1.82) is 0 Å². The molecule has 6 nitrogen and oxygen atoms in total. The molecule has 5 rings (SSSR count). The van der Waals surface area contributed by atoms with Gasteiger partial charge in [0.2, 0.25) is 0 Å². The molecule has 6 heteroatoms. The standard InChI is InChI=1S/C27H24N2O4/c1-16-5-14-23-24(15-16)33-27(29-23)28-20-12-10-18(11-13-20)17-6-8-19(9-7-17)25(30)21-3-2-4-22(21)26(31)32/h5-15,21-22H,2-4H2,1H3,(H,28,29)(H,31,32). The van der Waals surface area contributed by atoms with Crippen LogP contribution in [0, 0.1) is 18.8 Å². The molecule has 0 aliphatic heterocycles. The van der Waals surface area contributed by atoms with Crippen LogP contribution in [-0.4, -0.2) is 21.8 Å². The van der Waals surface area contributed by atoms with Gasteiger partial charge in [-0.25, -0.2) is 0 Å². The van der Waals surface area contributed by atoms with Gasteiger partial charge in [-0.3, -0.25) is 9.59 Å². The van der Waals surface area contributed by atoms with Crippen LogP contribution in [0.15, 0.2) is 71.1 Å². The third kappa shape index (κ3) is 4.24. The molecule has 2 N–H and O–H groups in total. The fraction of sp³-hybridized carbons (Fsp3) is 0.222. The summed E-state index contributed by atoms with van der Waals surface area (Å²) in [6.07, 6.45) is 2.01. The Morgan fingerprint density at radius 1 is 0.939 bits per heavy atom. The summed E-state index contributed by atoms with van der Waals surface area (Å²) in [6.45, 7) is 2.01. The summed E-state index contributed by atoms with van der Waals surface area (Å²) in [5.41, 5.74) is 6.09. The van der Waals surface area contributed by atoms with E-state index in [-0.39, 0.29) is 5.78 Å². The highest BCUT2D eigenvalue weighted by Crippen LogP contribution is 2.35. The lowest BCUT2D eigenvalue weighted by Crippen LogP contribution is -2.25. The minimum absolute atomic E-state index is 0.0699. The summed E-state index contributed by atoms with van der Waals surface area (Å²) in [5.74, 6) is -1.93. The number of nitrogens with one attached hydrogen (secondary N) is 1. The SMILES string of the molecule is Cc1ccc2nc(Nc3ccc(-c4ccc(C(=O)C5CCCC5C(=O)O)cc4)cc3)oc2c1. The number of anilines is 2. The molecular formula is C27H24N2O4. The number of fused-ring (bicyclic) bond motifs is 1. The molecule has 1 aromatic heterocycles. The highest BCUT2D eigenvalue weighted by molar-refractivity contribution is 6.00. The van der Waals surface area contributed by atoms with E-state index in [1.54, 1.807) is 12.1 Å². The van der Waals surface area contributed by atoms with Gasteiger partial charge in [0.25, 0.3) is 6.01 Å². The lowest BCUT2D eigenvalue weighted by atomic mass is 9.88. The summed E-state index contributed by atoms with van der Waals surface area (Å²) in [6, 6.07) is 21.6. The Hall–Kier alpha value is -3.93. The molecule has 1 fully saturated rings. The van der Waals surface area contributed by atoms with E-state index in [1.165, 1.54) is 0 Å². The number of carboxylic acid groups (broad SMARTS) is 1. The first-order chi connectivity index (χ1) is 16.0. The molecule has 2 unspecified atom stereocenters. The van der Waals surface area contributed by atoms with Crippen LogP contribution in [0.2, 0.25) is 0 Å². The Bertz CT molecular complexity index is 1320. The van der Waals surface area contributed by atoms with Gasteiger partial charge in [0.05, 0.1) is 5.92 Å². The van der Waals surface area contributed by atoms with E-state index >= 15 is 0 Å². The Balaban J connectivity index is 1.29. The predicted octanol–water partition coefficient (Wildman–Crippen LogP) is 6.23. The number of benzene rings is 3. The van der Waals surface area contributed by atoms with Crippen molar-refractivity contribution in [1.82, 2.24) is 4.98 Å². The summed E-state index contributed by atoms with van der Waals surface area (Å²) in [7, 11) is 0. The number of ketones is 1. The van der Waals surface area contributed by atoms with Crippen LogP contribution in [0.1, 0.15) is 35.2 Å². The molecule has 33 heavy (non-hydrogen) atoms. The largest absolute Gasteiger partial charge is 0.481 e. The highest BCUT2D eigenvalue weighted by atomic mass is 16.4. The van der Waals surface area contributed by atoms with Crippen molar-refractivity contribution in [3.05, 3.63) is 77.9 Å². The van der Waals surface area contributed by atoms with Gasteiger partial charge in [0.1, 0.15) is 5.52 Å². The van der Waals surface area contributed by atoms with E-state index in [4.69, 9.17) is 4.42 Å². The van der Waals surface area contributed by atoms with Gasteiger partial charge in [-0.05, 0) is 60.7 Å². The summed E-state index contributed by atoms with van der Waals surface area (Å²) in [4.78, 5) is 28.7. The molecule has 1 saturated carbocycles. The molecule has 0 spiro atoms. The average molecular weight is 440 g/mol. The number of aromatic nitrogens is 1. The Kier molecular flexibility index (Phi) is 5.42. The number of hydrogen-bond donors (Lipinski definition) is 2. The first kappa shape index (κ1) is 20.9. The molecule has 0 amide bonds. The fourth-order valence-corrected chi connectivity index (χ4v) is 4.57. The highest BCUT2D eigenvalue weighted by Gasteiger charge is 2.37. The number of oxazole rings is 1. The van der Waals surface area contributed by atoms with Crippen LogP contribution in [0.5, 0.6) is 0 Å². The Morgan fingerprint density at radius 3 is 2.30 bits per heavy atom. The van der Waals surface area contributed by atoms with E-state index in [9.17, 15) is 14.7 Å². The number of carbonyl (C=O) groups is 2. The second-order valence-corrected chi connectivity index (χ2v) is 8.62. The molecule has 0 saturated heterocycles. The normalized spacial score (nSPS) is 17.8. The first-order valence-electron chi connectivity index (χ1n) is 11.1. The number of hydrogen-bond acceptors (Lipinski definition) is 5. The van der Waals surface area contributed by atoms with E-state index < -0.39 is 17.8 Å². The van der Waals surface area contributed by atoms with Gasteiger partial charge in [-0.1, -0.05) is 48.9 Å². The summed E-state index contributed by atoms with van der Waals surface area (Å²) < 4.78 is 5.78.